The molecular weight excluding hydrogens is 412 g/mol. The van der Waals surface area contributed by atoms with Crippen molar-refractivity contribution in [1.29, 1.82) is 0 Å². The van der Waals surface area contributed by atoms with Crippen LogP contribution in [0.4, 0.5) is 17.6 Å². The topological polar surface area (TPSA) is 50.5 Å². The molecule has 31 heavy (non-hydrogen) atoms. The van der Waals surface area contributed by atoms with E-state index in [1.54, 1.807) is 17.0 Å². The Morgan fingerprint density at radius 2 is 1.71 bits per heavy atom. The second-order valence-electron chi connectivity index (χ2n) is 8.40. The van der Waals surface area contributed by atoms with Crippen molar-refractivity contribution in [1.82, 2.24) is 19.5 Å². The van der Waals surface area contributed by atoms with E-state index < -0.39 is 11.9 Å². The Kier molecular flexibility index (Phi) is 4.53. The van der Waals surface area contributed by atoms with Crippen molar-refractivity contribution in [3.05, 3.63) is 64.9 Å². The third kappa shape index (κ3) is 3.45. The van der Waals surface area contributed by atoms with Gasteiger partial charge in [-0.1, -0.05) is 12.1 Å². The summed E-state index contributed by atoms with van der Waals surface area (Å²) in [6.45, 7) is 1.48. The maximum atomic E-state index is 13.4. The van der Waals surface area contributed by atoms with Gasteiger partial charge in [0.05, 0.1) is 0 Å². The highest BCUT2D eigenvalue weighted by molar-refractivity contribution is 5.94. The number of alkyl halides is 3. The van der Waals surface area contributed by atoms with E-state index in [2.05, 4.69) is 10.1 Å². The van der Waals surface area contributed by atoms with Crippen LogP contribution in [0.3, 0.4) is 0 Å². The fraction of sp³-hybridized carbons (Fsp3) is 0.409. The molecule has 4 heterocycles. The van der Waals surface area contributed by atoms with Gasteiger partial charge in [0.25, 0.3) is 5.91 Å². The number of nitrogens with zero attached hydrogens (tertiary/aromatic N) is 4. The van der Waals surface area contributed by atoms with Gasteiger partial charge in [-0.2, -0.15) is 18.3 Å². The molecule has 0 aliphatic carbocycles. The normalized spacial score (nSPS) is 23.5. The number of hydrogen-bond donors (Lipinski definition) is 0. The molecule has 5 nitrogen and oxygen atoms in total. The summed E-state index contributed by atoms with van der Waals surface area (Å²) >= 11 is 0. The van der Waals surface area contributed by atoms with Crippen LogP contribution in [0.1, 0.15) is 59.0 Å². The molecule has 3 atom stereocenters. The summed E-state index contributed by atoms with van der Waals surface area (Å²) in [5, 5.41) is 3.98. The van der Waals surface area contributed by atoms with Gasteiger partial charge >= 0.3 is 6.18 Å². The maximum absolute atomic E-state index is 13.4. The Labute approximate surface area is 175 Å². The van der Waals surface area contributed by atoms with E-state index in [0.29, 0.717) is 4.52 Å². The first kappa shape index (κ1) is 20.0. The number of carbonyl (C=O) groups is 1. The fourth-order valence-electron chi connectivity index (χ4n) is 5.05. The van der Waals surface area contributed by atoms with Crippen molar-refractivity contribution in [2.75, 3.05) is 0 Å². The summed E-state index contributed by atoms with van der Waals surface area (Å²) in [6.07, 6.45) is -1.44. The largest absolute Gasteiger partial charge is 0.433 e. The lowest BCUT2D eigenvalue weighted by atomic mass is 9.85. The van der Waals surface area contributed by atoms with E-state index in [9.17, 15) is 22.4 Å². The van der Waals surface area contributed by atoms with Crippen LogP contribution < -0.4 is 0 Å². The Bertz CT molecular complexity index is 1140. The van der Waals surface area contributed by atoms with Crippen LogP contribution in [0.15, 0.2) is 36.4 Å². The molecule has 0 unspecified atom stereocenters. The van der Waals surface area contributed by atoms with Crippen LogP contribution in [-0.4, -0.2) is 37.5 Å². The third-order valence-electron chi connectivity index (χ3n) is 6.37. The molecule has 2 saturated heterocycles. The molecular formula is C22H20F4N4O. The average Bonchev–Trinajstić information content (AvgIpc) is 3.24. The second kappa shape index (κ2) is 7.03. The molecule has 1 aromatic carbocycles. The van der Waals surface area contributed by atoms with E-state index in [0.717, 1.165) is 37.3 Å². The van der Waals surface area contributed by atoms with E-state index >= 15 is 0 Å². The molecule has 2 bridgehead atoms. The lowest BCUT2D eigenvalue weighted by Gasteiger charge is -2.39. The van der Waals surface area contributed by atoms with Crippen molar-refractivity contribution in [3.8, 4) is 0 Å². The van der Waals surface area contributed by atoms with Gasteiger partial charge in [-0.05, 0) is 62.3 Å². The first-order valence-electron chi connectivity index (χ1n) is 10.2. The summed E-state index contributed by atoms with van der Waals surface area (Å²) in [6, 6.07) is 8.68. The minimum atomic E-state index is -4.61. The predicted molar refractivity (Wildman–Crippen MR) is 104 cm³/mol. The van der Waals surface area contributed by atoms with Gasteiger partial charge in [-0.25, -0.2) is 13.9 Å². The molecule has 0 spiro atoms. The molecule has 5 rings (SSSR count). The molecule has 2 fully saturated rings. The van der Waals surface area contributed by atoms with E-state index in [4.69, 9.17) is 0 Å². The van der Waals surface area contributed by atoms with Crippen LogP contribution in [0.5, 0.6) is 0 Å². The molecule has 0 N–H and O–H groups in total. The summed E-state index contributed by atoms with van der Waals surface area (Å²) in [4.78, 5) is 19.1. The Balaban J connectivity index is 1.43. The minimum Gasteiger partial charge on any atom is -0.331 e. The zero-order valence-electron chi connectivity index (χ0n) is 16.7. The van der Waals surface area contributed by atoms with Gasteiger partial charge in [0.15, 0.2) is 11.3 Å². The smallest absolute Gasteiger partial charge is 0.331 e. The average molecular weight is 432 g/mol. The molecule has 1 amide bonds. The Morgan fingerprint density at radius 1 is 1.06 bits per heavy atom. The number of rotatable bonds is 2. The maximum Gasteiger partial charge on any atom is 0.433 e. The van der Waals surface area contributed by atoms with Gasteiger partial charge in [0, 0.05) is 23.8 Å². The zero-order chi connectivity index (χ0) is 21.9. The highest BCUT2D eigenvalue weighted by Crippen LogP contribution is 2.43. The first-order valence-corrected chi connectivity index (χ1v) is 10.2. The fourth-order valence-corrected chi connectivity index (χ4v) is 5.05. The van der Waals surface area contributed by atoms with Gasteiger partial charge in [-0.15, -0.1) is 0 Å². The minimum absolute atomic E-state index is 0.00391. The van der Waals surface area contributed by atoms with Crippen molar-refractivity contribution in [2.24, 2.45) is 0 Å². The number of aryl methyl sites for hydroxylation is 1. The lowest BCUT2D eigenvalue weighted by molar-refractivity contribution is -0.142. The SMILES string of the molecule is Cc1cc(C(F)(F)F)n2nc(C(=O)N3[C@@H]4CC[C@H]3C[C@@H](c3ccc(F)cc3)C4)cc2n1. The van der Waals surface area contributed by atoms with Crippen molar-refractivity contribution < 1.29 is 22.4 Å². The number of fused-ring (bicyclic) bond motifs is 3. The zero-order valence-corrected chi connectivity index (χ0v) is 16.7. The molecule has 2 aromatic heterocycles. The number of carbonyl (C=O) groups excluding carboxylic acids is 1. The first-order chi connectivity index (χ1) is 14.7. The molecule has 2 aliphatic rings. The highest BCUT2D eigenvalue weighted by Gasteiger charge is 2.44. The quantitative estimate of drug-likeness (QED) is 0.550. The van der Waals surface area contributed by atoms with Gasteiger partial charge < -0.3 is 4.90 Å². The molecule has 0 saturated carbocycles. The number of amides is 1. The van der Waals surface area contributed by atoms with E-state index in [1.807, 2.05) is 0 Å². The summed E-state index contributed by atoms with van der Waals surface area (Å²) in [7, 11) is 0. The van der Waals surface area contributed by atoms with Crippen LogP contribution in [0, 0.1) is 12.7 Å². The summed E-state index contributed by atoms with van der Waals surface area (Å²) in [5.41, 5.74) is 0.281. The third-order valence-corrected chi connectivity index (χ3v) is 6.37. The van der Waals surface area contributed by atoms with E-state index in [-0.39, 0.29) is 46.8 Å². The Hall–Kier alpha value is -2.97. The van der Waals surface area contributed by atoms with Crippen LogP contribution in [0.2, 0.25) is 0 Å². The molecule has 162 valence electrons. The van der Waals surface area contributed by atoms with Gasteiger partial charge in [-0.3, -0.25) is 4.79 Å². The summed E-state index contributed by atoms with van der Waals surface area (Å²) < 4.78 is 54.2. The second-order valence-corrected chi connectivity index (χ2v) is 8.40. The molecule has 9 heteroatoms. The summed E-state index contributed by atoms with van der Waals surface area (Å²) in [5.74, 6) is -0.418. The number of halogens is 4. The highest BCUT2D eigenvalue weighted by atomic mass is 19.4. The van der Waals surface area contributed by atoms with Crippen LogP contribution in [0.25, 0.3) is 5.65 Å². The Morgan fingerprint density at radius 3 is 2.32 bits per heavy atom. The predicted octanol–water partition coefficient (Wildman–Crippen LogP) is 4.75. The van der Waals surface area contributed by atoms with Crippen molar-refractivity contribution in [2.45, 2.75) is 56.8 Å². The van der Waals surface area contributed by atoms with Crippen molar-refractivity contribution in [3.63, 3.8) is 0 Å². The molecule has 0 radical (unpaired) electrons. The van der Waals surface area contributed by atoms with Crippen LogP contribution >= 0.6 is 0 Å². The molecule has 3 aromatic rings. The monoisotopic (exact) mass is 432 g/mol. The van der Waals surface area contributed by atoms with Crippen LogP contribution in [-0.2, 0) is 6.18 Å². The van der Waals surface area contributed by atoms with Crippen molar-refractivity contribution >= 4 is 11.6 Å². The van der Waals surface area contributed by atoms with Gasteiger partial charge in [0.2, 0.25) is 0 Å². The number of aromatic nitrogens is 3. The van der Waals surface area contributed by atoms with Gasteiger partial charge in [0.1, 0.15) is 11.5 Å². The standard InChI is InChI=1S/C22H20F4N4O/c1-12-8-19(22(24,25)26)30-20(27-12)11-18(28-30)21(31)29-16-6-7-17(29)10-14(9-16)13-2-4-15(23)5-3-13/h2-5,8,11,14,16-17H,6-7,9-10H2,1H3/t14-,16+,17-. The number of hydrogen-bond acceptors (Lipinski definition) is 3. The molecule has 2 aliphatic heterocycles. The number of benzene rings is 1. The number of piperidine rings is 1. The lowest BCUT2D eigenvalue weighted by Crippen LogP contribution is -2.46. The van der Waals surface area contributed by atoms with E-state index in [1.165, 1.54) is 25.1 Å².